The van der Waals surface area contributed by atoms with Gasteiger partial charge in [-0.1, -0.05) is 12.1 Å². The van der Waals surface area contributed by atoms with E-state index in [0.717, 1.165) is 49.9 Å². The molecule has 0 unspecified atom stereocenters. The first-order valence-electron chi connectivity index (χ1n) is 9.78. The van der Waals surface area contributed by atoms with Crippen molar-refractivity contribution in [3.05, 3.63) is 53.1 Å². The second kappa shape index (κ2) is 8.10. The lowest BCUT2D eigenvalue weighted by atomic mass is 10.1. The highest BCUT2D eigenvalue weighted by Crippen LogP contribution is 2.32. The fraction of sp³-hybridized carbons (Fsp3) is 0.409. The molecular formula is C22H27N3O3. The van der Waals surface area contributed by atoms with E-state index in [0.29, 0.717) is 13.3 Å². The van der Waals surface area contributed by atoms with Crippen LogP contribution in [0.3, 0.4) is 0 Å². The monoisotopic (exact) mass is 381 g/mol. The molecule has 1 N–H and O–H groups in total. The Bertz CT molecular complexity index is 860. The topological polar surface area (TPSA) is 54.0 Å². The molecule has 0 spiro atoms. The molecule has 0 bridgehead atoms. The summed E-state index contributed by atoms with van der Waals surface area (Å²) < 4.78 is 10.8. The minimum atomic E-state index is 0.154. The second-order valence-electron chi connectivity index (χ2n) is 7.50. The van der Waals surface area contributed by atoms with Gasteiger partial charge in [0.05, 0.1) is 6.54 Å². The zero-order valence-corrected chi connectivity index (χ0v) is 16.5. The molecule has 2 aromatic rings. The van der Waals surface area contributed by atoms with Crippen LogP contribution in [0.1, 0.15) is 16.7 Å². The molecule has 28 heavy (non-hydrogen) atoms. The average Bonchev–Trinajstić information content (AvgIpc) is 3.17. The van der Waals surface area contributed by atoms with Gasteiger partial charge < -0.3 is 19.7 Å². The summed E-state index contributed by atoms with van der Waals surface area (Å²) in [7, 11) is 0. The summed E-state index contributed by atoms with van der Waals surface area (Å²) in [4.78, 5) is 16.9. The minimum Gasteiger partial charge on any atom is -0.454 e. The standard InChI is InChI=1S/C22H27N3O3/c1-16-3-5-19(11-17(16)2)23-13-22(26)25-9-7-24(8-10-25)14-18-4-6-20-21(12-18)28-15-27-20/h3-6,11-12,23H,7-10,13-15H2,1-2H3. The molecule has 2 heterocycles. The first kappa shape index (κ1) is 18.6. The lowest BCUT2D eigenvalue weighted by molar-refractivity contribution is -0.131. The van der Waals surface area contributed by atoms with Crippen LogP contribution in [0, 0.1) is 13.8 Å². The van der Waals surface area contributed by atoms with Gasteiger partial charge in [-0.15, -0.1) is 0 Å². The molecule has 148 valence electrons. The van der Waals surface area contributed by atoms with E-state index in [2.05, 4.69) is 42.3 Å². The molecule has 4 rings (SSSR count). The van der Waals surface area contributed by atoms with Crippen molar-refractivity contribution in [3.8, 4) is 11.5 Å². The maximum absolute atomic E-state index is 12.5. The number of hydrogen-bond acceptors (Lipinski definition) is 5. The molecule has 1 amide bonds. The number of aryl methyl sites for hydroxylation is 2. The fourth-order valence-corrected chi connectivity index (χ4v) is 3.59. The van der Waals surface area contributed by atoms with Crippen molar-refractivity contribution in [1.82, 2.24) is 9.80 Å². The summed E-state index contributed by atoms with van der Waals surface area (Å²) in [6.45, 7) is 8.96. The molecule has 2 aliphatic heterocycles. The van der Waals surface area contributed by atoms with Crippen LogP contribution in [0.25, 0.3) is 0 Å². The number of anilines is 1. The van der Waals surface area contributed by atoms with Crippen LogP contribution in [0.2, 0.25) is 0 Å². The van der Waals surface area contributed by atoms with Gasteiger partial charge in [-0.2, -0.15) is 0 Å². The van der Waals surface area contributed by atoms with Gasteiger partial charge in [0.15, 0.2) is 11.5 Å². The number of carbonyl (C=O) groups is 1. The number of rotatable bonds is 5. The lowest BCUT2D eigenvalue weighted by Crippen LogP contribution is -2.49. The number of amides is 1. The van der Waals surface area contributed by atoms with Crippen LogP contribution in [0.15, 0.2) is 36.4 Å². The fourth-order valence-electron chi connectivity index (χ4n) is 3.59. The van der Waals surface area contributed by atoms with E-state index in [1.807, 2.05) is 23.1 Å². The quantitative estimate of drug-likeness (QED) is 0.863. The molecule has 6 heteroatoms. The number of ether oxygens (including phenoxy) is 2. The Balaban J connectivity index is 1.24. The Hall–Kier alpha value is -2.73. The van der Waals surface area contributed by atoms with Gasteiger partial charge >= 0.3 is 0 Å². The third-order valence-corrected chi connectivity index (χ3v) is 5.52. The smallest absolute Gasteiger partial charge is 0.241 e. The summed E-state index contributed by atoms with van der Waals surface area (Å²) in [5, 5.41) is 3.25. The maximum Gasteiger partial charge on any atom is 0.241 e. The second-order valence-corrected chi connectivity index (χ2v) is 7.50. The van der Waals surface area contributed by atoms with Gasteiger partial charge in [-0.25, -0.2) is 0 Å². The molecule has 2 aromatic carbocycles. The molecule has 6 nitrogen and oxygen atoms in total. The first-order chi connectivity index (χ1) is 13.6. The van der Waals surface area contributed by atoms with Crippen LogP contribution >= 0.6 is 0 Å². The SMILES string of the molecule is Cc1ccc(NCC(=O)N2CCN(Cc3ccc4c(c3)OCO4)CC2)cc1C. The number of piperazine rings is 1. The first-order valence-corrected chi connectivity index (χ1v) is 9.78. The molecule has 0 saturated carbocycles. The molecule has 2 aliphatic rings. The van der Waals surface area contributed by atoms with Crippen molar-refractivity contribution in [3.63, 3.8) is 0 Å². The summed E-state index contributed by atoms with van der Waals surface area (Å²) in [6, 6.07) is 12.3. The van der Waals surface area contributed by atoms with Crippen molar-refractivity contribution in [2.24, 2.45) is 0 Å². The van der Waals surface area contributed by atoms with E-state index in [-0.39, 0.29) is 5.91 Å². The molecule has 0 aromatic heterocycles. The number of benzene rings is 2. The van der Waals surface area contributed by atoms with Gasteiger partial charge in [0.25, 0.3) is 0 Å². The molecule has 1 saturated heterocycles. The molecule has 0 aliphatic carbocycles. The van der Waals surface area contributed by atoms with Crippen molar-refractivity contribution in [2.75, 3.05) is 44.8 Å². The van der Waals surface area contributed by atoms with Gasteiger partial charge in [-0.05, 0) is 54.8 Å². The number of nitrogens with one attached hydrogen (secondary N) is 1. The summed E-state index contributed by atoms with van der Waals surface area (Å²) in [5.41, 5.74) is 4.70. The third-order valence-electron chi connectivity index (χ3n) is 5.52. The van der Waals surface area contributed by atoms with Crippen LogP contribution in [-0.2, 0) is 11.3 Å². The minimum absolute atomic E-state index is 0.154. The Morgan fingerprint density at radius 2 is 1.75 bits per heavy atom. The molecule has 1 fully saturated rings. The van der Waals surface area contributed by atoms with E-state index < -0.39 is 0 Å². The summed E-state index contributed by atoms with van der Waals surface area (Å²) >= 11 is 0. The van der Waals surface area contributed by atoms with Crippen molar-refractivity contribution >= 4 is 11.6 Å². The number of carbonyl (C=O) groups excluding carboxylic acids is 1. The van der Waals surface area contributed by atoms with E-state index in [4.69, 9.17) is 9.47 Å². The zero-order chi connectivity index (χ0) is 19.5. The normalized spacial score (nSPS) is 16.3. The average molecular weight is 381 g/mol. The predicted molar refractivity (Wildman–Crippen MR) is 109 cm³/mol. The number of nitrogens with zero attached hydrogens (tertiary/aromatic N) is 2. The van der Waals surface area contributed by atoms with Crippen molar-refractivity contribution < 1.29 is 14.3 Å². The Morgan fingerprint density at radius 1 is 0.964 bits per heavy atom. The van der Waals surface area contributed by atoms with E-state index >= 15 is 0 Å². The van der Waals surface area contributed by atoms with Crippen molar-refractivity contribution in [1.29, 1.82) is 0 Å². The van der Waals surface area contributed by atoms with Crippen molar-refractivity contribution in [2.45, 2.75) is 20.4 Å². The highest BCUT2D eigenvalue weighted by Gasteiger charge is 2.21. The summed E-state index contributed by atoms with van der Waals surface area (Å²) in [6.07, 6.45) is 0. The Kier molecular flexibility index (Phi) is 5.39. The molecule has 0 radical (unpaired) electrons. The molecular weight excluding hydrogens is 354 g/mol. The Morgan fingerprint density at radius 3 is 2.54 bits per heavy atom. The van der Waals surface area contributed by atoms with E-state index in [9.17, 15) is 4.79 Å². The van der Waals surface area contributed by atoms with E-state index in [1.165, 1.54) is 16.7 Å². The van der Waals surface area contributed by atoms with Crippen LogP contribution in [0.5, 0.6) is 11.5 Å². The summed E-state index contributed by atoms with van der Waals surface area (Å²) in [5.74, 6) is 1.79. The lowest BCUT2D eigenvalue weighted by Gasteiger charge is -2.35. The highest BCUT2D eigenvalue weighted by atomic mass is 16.7. The van der Waals surface area contributed by atoms with Crippen LogP contribution < -0.4 is 14.8 Å². The largest absolute Gasteiger partial charge is 0.454 e. The van der Waals surface area contributed by atoms with Crippen LogP contribution in [-0.4, -0.2) is 55.2 Å². The highest BCUT2D eigenvalue weighted by molar-refractivity contribution is 5.81. The van der Waals surface area contributed by atoms with Gasteiger partial charge in [-0.3, -0.25) is 9.69 Å². The van der Waals surface area contributed by atoms with Crippen LogP contribution in [0.4, 0.5) is 5.69 Å². The number of hydrogen-bond donors (Lipinski definition) is 1. The third kappa shape index (κ3) is 4.22. The number of fused-ring (bicyclic) bond motifs is 1. The van der Waals surface area contributed by atoms with Gasteiger partial charge in [0, 0.05) is 38.4 Å². The Labute approximate surface area is 166 Å². The van der Waals surface area contributed by atoms with Gasteiger partial charge in [0.2, 0.25) is 12.7 Å². The molecule has 0 atom stereocenters. The predicted octanol–water partition coefficient (Wildman–Crippen LogP) is 2.79. The zero-order valence-electron chi connectivity index (χ0n) is 16.5. The van der Waals surface area contributed by atoms with E-state index in [1.54, 1.807) is 0 Å². The van der Waals surface area contributed by atoms with Gasteiger partial charge in [0.1, 0.15) is 0 Å². The maximum atomic E-state index is 12.5.